The van der Waals surface area contributed by atoms with Crippen LogP contribution < -0.4 is 5.32 Å². The molecule has 0 aliphatic carbocycles. The molecule has 0 amide bonds. The van der Waals surface area contributed by atoms with Crippen molar-refractivity contribution < 1.29 is 4.52 Å². The van der Waals surface area contributed by atoms with Crippen molar-refractivity contribution in [3.63, 3.8) is 0 Å². The molecule has 5 nitrogen and oxygen atoms in total. The molecule has 2 aromatic carbocycles. The molecular formula is C16H11ClN4O. The van der Waals surface area contributed by atoms with Crippen LogP contribution in [0.4, 0.5) is 6.01 Å². The Balaban J connectivity index is 1.68. The molecule has 1 aromatic heterocycles. The minimum Gasteiger partial charge on any atom is -0.334 e. The molecule has 0 aliphatic rings. The molecule has 1 N–H and O–H groups in total. The van der Waals surface area contributed by atoms with Crippen molar-refractivity contribution in [2.75, 3.05) is 5.32 Å². The Morgan fingerprint density at radius 2 is 2.00 bits per heavy atom. The van der Waals surface area contributed by atoms with Gasteiger partial charge in [0.25, 0.3) is 0 Å². The Kier molecular flexibility index (Phi) is 4.03. The van der Waals surface area contributed by atoms with Gasteiger partial charge in [-0.25, -0.2) is 0 Å². The van der Waals surface area contributed by atoms with Crippen molar-refractivity contribution in [2.24, 2.45) is 0 Å². The van der Waals surface area contributed by atoms with Gasteiger partial charge in [0.05, 0.1) is 11.6 Å². The summed E-state index contributed by atoms with van der Waals surface area (Å²) in [4.78, 5) is 4.27. The molecule has 6 heteroatoms. The molecule has 22 heavy (non-hydrogen) atoms. The fourth-order valence-corrected chi connectivity index (χ4v) is 2.11. The van der Waals surface area contributed by atoms with E-state index in [0.29, 0.717) is 29.0 Å². The first-order valence-electron chi connectivity index (χ1n) is 6.57. The summed E-state index contributed by atoms with van der Waals surface area (Å²) in [5, 5.41) is 16.3. The summed E-state index contributed by atoms with van der Waals surface area (Å²) >= 11 is 5.94. The normalized spacial score (nSPS) is 10.2. The number of hydrogen-bond donors (Lipinski definition) is 1. The van der Waals surface area contributed by atoms with Gasteiger partial charge in [0.2, 0.25) is 5.82 Å². The topological polar surface area (TPSA) is 74.7 Å². The predicted molar refractivity (Wildman–Crippen MR) is 83.2 cm³/mol. The first-order valence-corrected chi connectivity index (χ1v) is 6.95. The van der Waals surface area contributed by atoms with E-state index in [9.17, 15) is 0 Å². The van der Waals surface area contributed by atoms with Crippen molar-refractivity contribution in [3.8, 4) is 17.5 Å². The highest BCUT2D eigenvalue weighted by molar-refractivity contribution is 6.30. The highest BCUT2D eigenvalue weighted by Crippen LogP contribution is 2.21. The second-order valence-electron chi connectivity index (χ2n) is 4.60. The first kappa shape index (κ1) is 14.1. The molecule has 1 heterocycles. The molecule has 0 aliphatic heterocycles. The summed E-state index contributed by atoms with van der Waals surface area (Å²) < 4.78 is 5.16. The number of nitrogens with zero attached hydrogens (tertiary/aromatic N) is 3. The molecule has 3 aromatic rings. The molecule has 108 valence electrons. The Hall–Kier alpha value is -2.84. The third-order valence-corrected chi connectivity index (χ3v) is 3.27. The highest BCUT2D eigenvalue weighted by atomic mass is 35.5. The van der Waals surface area contributed by atoms with Crippen LogP contribution in [0.3, 0.4) is 0 Å². The summed E-state index contributed by atoms with van der Waals surface area (Å²) in [6.07, 6.45) is 0. The summed E-state index contributed by atoms with van der Waals surface area (Å²) in [7, 11) is 0. The largest absolute Gasteiger partial charge is 0.334 e. The molecular weight excluding hydrogens is 300 g/mol. The van der Waals surface area contributed by atoms with E-state index in [1.165, 1.54) is 0 Å². The Labute approximate surface area is 132 Å². The van der Waals surface area contributed by atoms with Crippen molar-refractivity contribution in [3.05, 3.63) is 64.7 Å². The van der Waals surface area contributed by atoms with E-state index in [1.54, 1.807) is 24.3 Å². The van der Waals surface area contributed by atoms with Gasteiger partial charge in [0.15, 0.2) is 0 Å². The quantitative estimate of drug-likeness (QED) is 0.791. The minimum atomic E-state index is 0.333. The predicted octanol–water partition coefficient (Wildman–Crippen LogP) is 3.87. The smallest absolute Gasteiger partial charge is 0.322 e. The number of nitrogens with one attached hydrogen (secondary N) is 1. The zero-order chi connectivity index (χ0) is 15.4. The molecule has 0 saturated heterocycles. The lowest BCUT2D eigenvalue weighted by atomic mass is 10.1. The van der Waals surface area contributed by atoms with Gasteiger partial charge in [-0.15, -0.1) is 0 Å². The molecule has 3 rings (SSSR count). The van der Waals surface area contributed by atoms with Crippen molar-refractivity contribution in [2.45, 2.75) is 6.54 Å². The van der Waals surface area contributed by atoms with Crippen LogP contribution in [0.5, 0.6) is 0 Å². The van der Waals surface area contributed by atoms with Gasteiger partial charge in [-0.2, -0.15) is 10.2 Å². The van der Waals surface area contributed by atoms with Crippen LogP contribution >= 0.6 is 11.6 Å². The molecule has 0 saturated carbocycles. The van der Waals surface area contributed by atoms with Gasteiger partial charge < -0.3 is 9.84 Å². The van der Waals surface area contributed by atoms with Crippen molar-refractivity contribution in [1.82, 2.24) is 10.1 Å². The third kappa shape index (κ3) is 3.25. The van der Waals surface area contributed by atoms with E-state index in [2.05, 4.69) is 21.5 Å². The van der Waals surface area contributed by atoms with Crippen molar-refractivity contribution >= 4 is 17.6 Å². The number of hydrogen-bond acceptors (Lipinski definition) is 5. The minimum absolute atomic E-state index is 0.333. The van der Waals surface area contributed by atoms with Crippen LogP contribution in [0.1, 0.15) is 11.1 Å². The summed E-state index contributed by atoms with van der Waals surface area (Å²) in [5.74, 6) is 0.477. The molecule has 0 fully saturated rings. The maximum absolute atomic E-state index is 8.76. The standard InChI is InChI=1S/C16H11ClN4O/c17-14-3-1-2-13(8-14)15-20-16(22-21-15)19-10-12-6-4-11(9-18)5-7-12/h1-8H,10H2,(H,19,20,21). The van der Waals surface area contributed by atoms with Crippen LogP contribution in [0.15, 0.2) is 53.1 Å². The maximum atomic E-state index is 8.76. The molecule has 0 atom stereocenters. The van der Waals surface area contributed by atoms with Crippen LogP contribution in [0.25, 0.3) is 11.4 Å². The van der Waals surface area contributed by atoms with Gasteiger partial charge in [-0.05, 0) is 29.8 Å². The number of nitriles is 1. The lowest BCUT2D eigenvalue weighted by Crippen LogP contribution is -1.99. The summed E-state index contributed by atoms with van der Waals surface area (Å²) in [6.45, 7) is 0.531. The molecule has 0 spiro atoms. The van der Waals surface area contributed by atoms with E-state index >= 15 is 0 Å². The first-order chi connectivity index (χ1) is 10.7. The van der Waals surface area contributed by atoms with Gasteiger partial charge in [0.1, 0.15) is 0 Å². The van der Waals surface area contributed by atoms with E-state index in [-0.39, 0.29) is 0 Å². The van der Waals surface area contributed by atoms with Gasteiger partial charge in [-0.3, -0.25) is 0 Å². The lowest BCUT2D eigenvalue weighted by molar-refractivity contribution is 0.432. The highest BCUT2D eigenvalue weighted by Gasteiger charge is 2.08. The Bertz CT molecular complexity index is 821. The monoisotopic (exact) mass is 310 g/mol. The average Bonchev–Trinajstić information content (AvgIpc) is 3.02. The van der Waals surface area contributed by atoms with E-state index in [4.69, 9.17) is 21.4 Å². The fraction of sp³-hybridized carbons (Fsp3) is 0.0625. The van der Waals surface area contributed by atoms with Crippen molar-refractivity contribution in [1.29, 1.82) is 5.26 Å². The zero-order valence-electron chi connectivity index (χ0n) is 11.5. The second kappa shape index (κ2) is 6.29. The van der Waals surface area contributed by atoms with E-state index in [1.807, 2.05) is 24.3 Å². The number of rotatable bonds is 4. The maximum Gasteiger partial charge on any atom is 0.322 e. The van der Waals surface area contributed by atoms with Crippen LogP contribution in [-0.4, -0.2) is 10.1 Å². The third-order valence-electron chi connectivity index (χ3n) is 3.04. The molecule has 0 radical (unpaired) electrons. The average molecular weight is 311 g/mol. The summed E-state index contributed by atoms with van der Waals surface area (Å²) in [6, 6.07) is 17.0. The number of aromatic nitrogens is 2. The van der Waals surface area contributed by atoms with Crippen LogP contribution in [0.2, 0.25) is 5.02 Å². The Morgan fingerprint density at radius 3 is 2.73 bits per heavy atom. The zero-order valence-corrected chi connectivity index (χ0v) is 12.2. The van der Waals surface area contributed by atoms with Gasteiger partial charge in [-0.1, -0.05) is 41.0 Å². The second-order valence-corrected chi connectivity index (χ2v) is 5.03. The molecule has 0 unspecified atom stereocenters. The Morgan fingerprint density at radius 1 is 1.18 bits per heavy atom. The van der Waals surface area contributed by atoms with Gasteiger partial charge >= 0.3 is 6.01 Å². The van der Waals surface area contributed by atoms with Crippen LogP contribution in [-0.2, 0) is 6.54 Å². The summed E-state index contributed by atoms with van der Waals surface area (Å²) in [5.41, 5.74) is 2.44. The van der Waals surface area contributed by atoms with Crippen LogP contribution in [0, 0.1) is 11.3 Å². The number of benzene rings is 2. The lowest BCUT2D eigenvalue weighted by Gasteiger charge is -2.01. The van der Waals surface area contributed by atoms with Gasteiger partial charge in [0, 0.05) is 17.1 Å². The number of anilines is 1. The van der Waals surface area contributed by atoms with E-state index < -0.39 is 0 Å². The number of halogens is 1. The molecule has 0 bridgehead atoms. The fourth-order valence-electron chi connectivity index (χ4n) is 1.91. The SMILES string of the molecule is N#Cc1ccc(CNc2nc(-c3cccc(Cl)c3)no2)cc1. The van der Waals surface area contributed by atoms with E-state index in [0.717, 1.165) is 11.1 Å².